The fourth-order valence-electron chi connectivity index (χ4n) is 2.42. The topological polar surface area (TPSA) is 25.8 Å². The normalized spacial score (nSPS) is 10.9. The Morgan fingerprint density at radius 1 is 1.05 bits per heavy atom. The largest absolute Gasteiger partial charge is 0.223 e. The first-order valence-corrected chi connectivity index (χ1v) is 7.61. The van der Waals surface area contributed by atoms with Crippen LogP contribution in [0.25, 0.3) is 27.2 Å². The van der Waals surface area contributed by atoms with Crippen molar-refractivity contribution < 1.29 is 0 Å². The highest BCUT2D eigenvalue weighted by molar-refractivity contribution is 6.48. The zero-order chi connectivity index (χ0) is 15.9. The SMILES string of the molecule is C=C(Cl)c1cccc(-c2nc(Cl)nc3cc(C)c(C)cc23)c1. The number of benzene rings is 2. The lowest BCUT2D eigenvalue weighted by Gasteiger charge is -2.10. The Labute approximate surface area is 139 Å². The molecule has 0 bridgehead atoms. The van der Waals surface area contributed by atoms with E-state index in [4.69, 9.17) is 23.2 Å². The molecule has 0 fully saturated rings. The van der Waals surface area contributed by atoms with Crippen molar-refractivity contribution in [2.45, 2.75) is 13.8 Å². The summed E-state index contributed by atoms with van der Waals surface area (Å²) in [6.07, 6.45) is 0. The summed E-state index contributed by atoms with van der Waals surface area (Å²) in [5, 5.41) is 1.71. The zero-order valence-corrected chi connectivity index (χ0v) is 13.8. The lowest BCUT2D eigenvalue weighted by Crippen LogP contribution is -1.94. The minimum absolute atomic E-state index is 0.237. The predicted octanol–water partition coefficient (Wildman–Crippen LogP) is 5.78. The Morgan fingerprint density at radius 3 is 2.50 bits per heavy atom. The van der Waals surface area contributed by atoms with Gasteiger partial charge in [0.15, 0.2) is 0 Å². The summed E-state index contributed by atoms with van der Waals surface area (Å²) < 4.78 is 0. The second kappa shape index (κ2) is 5.71. The number of halogens is 2. The fourth-order valence-corrected chi connectivity index (χ4v) is 2.71. The Balaban J connectivity index is 2.32. The second-order valence-electron chi connectivity index (χ2n) is 5.28. The van der Waals surface area contributed by atoms with Crippen LogP contribution >= 0.6 is 23.2 Å². The van der Waals surface area contributed by atoms with Crippen molar-refractivity contribution in [1.29, 1.82) is 0 Å². The van der Waals surface area contributed by atoms with Crippen molar-refractivity contribution >= 4 is 39.1 Å². The summed E-state index contributed by atoms with van der Waals surface area (Å²) in [6.45, 7) is 7.90. The molecule has 0 N–H and O–H groups in total. The van der Waals surface area contributed by atoms with Crippen molar-refractivity contribution in [2.75, 3.05) is 0 Å². The minimum Gasteiger partial charge on any atom is -0.218 e. The molecule has 0 aliphatic rings. The first-order chi connectivity index (χ1) is 10.5. The van der Waals surface area contributed by atoms with E-state index in [0.29, 0.717) is 5.03 Å². The maximum atomic E-state index is 6.10. The van der Waals surface area contributed by atoms with Crippen molar-refractivity contribution in [3.05, 3.63) is 65.0 Å². The number of nitrogens with zero attached hydrogens (tertiary/aromatic N) is 2. The van der Waals surface area contributed by atoms with Gasteiger partial charge in [0.25, 0.3) is 0 Å². The van der Waals surface area contributed by atoms with E-state index in [1.54, 1.807) is 0 Å². The van der Waals surface area contributed by atoms with Gasteiger partial charge in [-0.2, -0.15) is 0 Å². The van der Waals surface area contributed by atoms with Gasteiger partial charge in [-0.1, -0.05) is 36.4 Å². The van der Waals surface area contributed by atoms with Crippen molar-refractivity contribution in [3.8, 4) is 11.3 Å². The molecule has 22 heavy (non-hydrogen) atoms. The number of aromatic nitrogens is 2. The molecule has 2 nitrogen and oxygen atoms in total. The maximum absolute atomic E-state index is 6.10. The molecule has 0 unspecified atom stereocenters. The van der Waals surface area contributed by atoms with Crippen molar-refractivity contribution in [1.82, 2.24) is 9.97 Å². The lowest BCUT2D eigenvalue weighted by molar-refractivity contribution is 1.21. The van der Waals surface area contributed by atoms with Crippen LogP contribution in [0, 0.1) is 13.8 Å². The standard InChI is InChI=1S/C18H14Cl2N2/c1-10-7-15-16(8-11(10)2)21-18(20)22-17(15)14-6-4-5-13(9-14)12(3)19/h4-9H,3H2,1-2H3. The third kappa shape index (κ3) is 2.72. The first-order valence-electron chi connectivity index (χ1n) is 6.85. The summed E-state index contributed by atoms with van der Waals surface area (Å²) >= 11 is 12.1. The van der Waals surface area contributed by atoms with Crippen LogP contribution in [-0.4, -0.2) is 9.97 Å². The van der Waals surface area contributed by atoms with Crippen molar-refractivity contribution in [2.24, 2.45) is 0 Å². The molecule has 0 radical (unpaired) electrons. The van der Waals surface area contributed by atoms with E-state index >= 15 is 0 Å². The van der Waals surface area contributed by atoms with Crippen LogP contribution in [0.5, 0.6) is 0 Å². The molecule has 1 aromatic heterocycles. The third-order valence-electron chi connectivity index (χ3n) is 3.73. The highest BCUT2D eigenvalue weighted by Gasteiger charge is 2.11. The molecule has 0 saturated carbocycles. The molecule has 3 aromatic rings. The number of rotatable bonds is 2. The van der Waals surface area contributed by atoms with E-state index in [-0.39, 0.29) is 5.28 Å². The molecular weight excluding hydrogens is 315 g/mol. The molecule has 1 heterocycles. The number of hydrogen-bond acceptors (Lipinski definition) is 2. The average molecular weight is 329 g/mol. The van der Waals surface area contributed by atoms with Crippen LogP contribution in [-0.2, 0) is 0 Å². The van der Waals surface area contributed by atoms with E-state index in [9.17, 15) is 0 Å². The van der Waals surface area contributed by atoms with Crippen LogP contribution in [0.4, 0.5) is 0 Å². The van der Waals surface area contributed by atoms with Gasteiger partial charge in [0.2, 0.25) is 5.28 Å². The Bertz CT molecular complexity index is 901. The van der Waals surface area contributed by atoms with E-state index < -0.39 is 0 Å². The monoisotopic (exact) mass is 328 g/mol. The molecule has 0 aliphatic carbocycles. The van der Waals surface area contributed by atoms with Gasteiger partial charge in [0.05, 0.1) is 11.2 Å². The van der Waals surface area contributed by atoms with Gasteiger partial charge in [-0.3, -0.25) is 0 Å². The van der Waals surface area contributed by atoms with E-state index in [0.717, 1.165) is 27.7 Å². The predicted molar refractivity (Wildman–Crippen MR) is 94.3 cm³/mol. The average Bonchev–Trinajstić information content (AvgIpc) is 2.48. The first kappa shape index (κ1) is 15.0. The van der Waals surface area contributed by atoms with E-state index in [1.165, 1.54) is 11.1 Å². The molecule has 0 amide bonds. The molecule has 4 heteroatoms. The highest BCUT2D eigenvalue weighted by Crippen LogP contribution is 2.31. The quantitative estimate of drug-likeness (QED) is 0.557. The summed E-state index contributed by atoms with van der Waals surface area (Å²) in [5.41, 5.74) is 5.82. The van der Waals surface area contributed by atoms with Gasteiger partial charge in [0, 0.05) is 16.0 Å². The Kier molecular flexibility index (Phi) is 3.90. The second-order valence-corrected chi connectivity index (χ2v) is 6.07. The maximum Gasteiger partial charge on any atom is 0.223 e. The van der Waals surface area contributed by atoms with Gasteiger partial charge in [-0.25, -0.2) is 9.97 Å². The van der Waals surface area contributed by atoms with Gasteiger partial charge >= 0.3 is 0 Å². The van der Waals surface area contributed by atoms with Crippen LogP contribution in [0.3, 0.4) is 0 Å². The Morgan fingerprint density at radius 2 is 1.77 bits per heavy atom. The summed E-state index contributed by atoms with van der Waals surface area (Å²) in [5.74, 6) is 0. The Hall–Kier alpha value is -1.90. The van der Waals surface area contributed by atoms with Crippen LogP contribution < -0.4 is 0 Å². The van der Waals surface area contributed by atoms with Crippen LogP contribution in [0.15, 0.2) is 43.0 Å². The van der Waals surface area contributed by atoms with Gasteiger partial charge in [0.1, 0.15) is 0 Å². The zero-order valence-electron chi connectivity index (χ0n) is 12.3. The lowest BCUT2D eigenvalue weighted by atomic mass is 10.0. The smallest absolute Gasteiger partial charge is 0.218 e. The molecule has 0 spiro atoms. The summed E-state index contributed by atoms with van der Waals surface area (Å²) in [4.78, 5) is 8.76. The molecule has 0 aliphatic heterocycles. The summed E-state index contributed by atoms with van der Waals surface area (Å²) in [7, 11) is 0. The molecular formula is C18H14Cl2N2. The van der Waals surface area contributed by atoms with E-state index in [2.05, 4.69) is 36.5 Å². The molecule has 110 valence electrons. The molecule has 2 aromatic carbocycles. The minimum atomic E-state index is 0.237. The number of aryl methyl sites for hydroxylation is 2. The van der Waals surface area contributed by atoms with Crippen molar-refractivity contribution in [3.63, 3.8) is 0 Å². The highest BCUT2D eigenvalue weighted by atomic mass is 35.5. The molecule has 0 atom stereocenters. The number of fused-ring (bicyclic) bond motifs is 1. The van der Waals surface area contributed by atoms with Crippen LogP contribution in [0.1, 0.15) is 16.7 Å². The van der Waals surface area contributed by atoms with Crippen LogP contribution in [0.2, 0.25) is 5.28 Å². The third-order valence-corrected chi connectivity index (χ3v) is 4.12. The van der Waals surface area contributed by atoms with E-state index in [1.807, 2.05) is 30.3 Å². The van der Waals surface area contributed by atoms with Gasteiger partial charge in [-0.05, 0) is 60.3 Å². The molecule has 3 rings (SSSR count). The summed E-state index contributed by atoms with van der Waals surface area (Å²) in [6, 6.07) is 11.9. The number of hydrogen-bond donors (Lipinski definition) is 0. The molecule has 0 saturated heterocycles. The van der Waals surface area contributed by atoms with Gasteiger partial charge < -0.3 is 0 Å². The fraction of sp³-hybridized carbons (Fsp3) is 0.111. The van der Waals surface area contributed by atoms with Gasteiger partial charge in [-0.15, -0.1) is 0 Å².